The summed E-state index contributed by atoms with van der Waals surface area (Å²) in [5, 5.41) is 13.6. The van der Waals surface area contributed by atoms with Crippen LogP contribution in [0.4, 0.5) is 0 Å². The highest BCUT2D eigenvalue weighted by Gasteiger charge is 2.16. The molecule has 0 aliphatic carbocycles. The topological polar surface area (TPSA) is 55.9 Å². The quantitative estimate of drug-likeness (QED) is 0.759. The molecule has 120 valence electrons. The van der Waals surface area contributed by atoms with E-state index >= 15 is 0 Å². The summed E-state index contributed by atoms with van der Waals surface area (Å²) in [6.45, 7) is 5.12. The van der Waals surface area contributed by atoms with Crippen molar-refractivity contribution in [3.8, 4) is 22.5 Å². The molecule has 0 unspecified atom stereocenters. The fraction of sp³-hybridized carbons (Fsp3) is 0.333. The largest absolute Gasteiger partial charge is 0.396 e. The summed E-state index contributed by atoms with van der Waals surface area (Å²) in [7, 11) is 0. The van der Waals surface area contributed by atoms with Crippen LogP contribution in [-0.2, 0) is 6.54 Å². The minimum atomic E-state index is 0.170. The summed E-state index contributed by atoms with van der Waals surface area (Å²) in [5.41, 5.74) is 4.14. The number of aromatic nitrogens is 4. The molecule has 1 aromatic carbocycles. The maximum Gasteiger partial charge on any atom is 0.0964 e. The van der Waals surface area contributed by atoms with Crippen molar-refractivity contribution >= 4 is 0 Å². The average Bonchev–Trinajstić information content (AvgIpc) is 3.20. The number of hydrogen-bond acceptors (Lipinski definition) is 3. The first-order valence-electron chi connectivity index (χ1n) is 7.96. The van der Waals surface area contributed by atoms with E-state index in [1.165, 1.54) is 0 Å². The van der Waals surface area contributed by atoms with E-state index < -0.39 is 0 Å². The van der Waals surface area contributed by atoms with Crippen LogP contribution in [0.1, 0.15) is 26.3 Å². The van der Waals surface area contributed by atoms with Gasteiger partial charge in [-0.05, 0) is 20.3 Å². The summed E-state index contributed by atoms with van der Waals surface area (Å²) in [6, 6.07) is 10.5. The lowest BCUT2D eigenvalue weighted by Gasteiger charge is -2.08. The first-order chi connectivity index (χ1) is 11.2. The van der Waals surface area contributed by atoms with E-state index in [-0.39, 0.29) is 6.61 Å². The van der Waals surface area contributed by atoms with E-state index in [2.05, 4.69) is 46.8 Å². The summed E-state index contributed by atoms with van der Waals surface area (Å²) < 4.78 is 4.05. The molecule has 2 heterocycles. The molecule has 5 nitrogen and oxygen atoms in total. The molecular weight excluding hydrogens is 288 g/mol. The zero-order chi connectivity index (χ0) is 16.2. The molecule has 0 spiro atoms. The third kappa shape index (κ3) is 3.19. The number of imidazole rings is 1. The van der Waals surface area contributed by atoms with Gasteiger partial charge in [0.2, 0.25) is 0 Å². The predicted molar refractivity (Wildman–Crippen MR) is 91.0 cm³/mol. The Morgan fingerprint density at radius 3 is 2.57 bits per heavy atom. The molecule has 0 radical (unpaired) electrons. The maximum atomic E-state index is 9.14. The fourth-order valence-electron chi connectivity index (χ4n) is 2.65. The Hall–Kier alpha value is -2.40. The molecule has 2 aromatic heterocycles. The molecular formula is C18H22N4O. The zero-order valence-electron chi connectivity index (χ0n) is 13.6. The highest BCUT2D eigenvalue weighted by atomic mass is 16.3. The summed E-state index contributed by atoms with van der Waals surface area (Å²) in [6.07, 6.45) is 6.50. The number of hydrogen-bond donors (Lipinski definition) is 1. The molecule has 0 atom stereocenters. The summed E-state index contributed by atoms with van der Waals surface area (Å²) >= 11 is 0. The van der Waals surface area contributed by atoms with Crippen LogP contribution < -0.4 is 0 Å². The van der Waals surface area contributed by atoms with E-state index in [1.807, 2.05) is 35.4 Å². The molecule has 0 aliphatic rings. The van der Waals surface area contributed by atoms with E-state index in [1.54, 1.807) is 0 Å². The molecule has 0 amide bonds. The monoisotopic (exact) mass is 310 g/mol. The van der Waals surface area contributed by atoms with Crippen molar-refractivity contribution in [3.63, 3.8) is 0 Å². The van der Waals surface area contributed by atoms with Gasteiger partial charge in [-0.1, -0.05) is 30.3 Å². The minimum absolute atomic E-state index is 0.170. The normalized spacial score (nSPS) is 11.3. The van der Waals surface area contributed by atoms with Crippen LogP contribution in [0.3, 0.4) is 0 Å². The van der Waals surface area contributed by atoms with Crippen molar-refractivity contribution in [1.82, 2.24) is 19.3 Å². The first kappa shape index (κ1) is 15.5. The highest BCUT2D eigenvalue weighted by Crippen LogP contribution is 2.31. The van der Waals surface area contributed by atoms with Gasteiger partial charge in [0, 0.05) is 36.5 Å². The van der Waals surface area contributed by atoms with E-state index in [0.29, 0.717) is 12.5 Å². The Morgan fingerprint density at radius 1 is 1.13 bits per heavy atom. The van der Waals surface area contributed by atoms with Gasteiger partial charge in [-0.15, -0.1) is 0 Å². The van der Waals surface area contributed by atoms with Gasteiger partial charge in [-0.3, -0.25) is 4.68 Å². The van der Waals surface area contributed by atoms with Crippen molar-refractivity contribution < 1.29 is 5.11 Å². The lowest BCUT2D eigenvalue weighted by atomic mass is 10.1. The Balaban J connectivity index is 2.08. The molecule has 5 heteroatoms. The molecule has 3 rings (SSSR count). The highest BCUT2D eigenvalue weighted by molar-refractivity contribution is 5.78. The van der Waals surface area contributed by atoms with Gasteiger partial charge in [0.1, 0.15) is 0 Å². The molecule has 1 N–H and O–H groups in total. The SMILES string of the molecule is CC(C)n1cc(-c2c(-c3ccccc3)ncn2CCCO)cn1. The Bertz CT molecular complexity index is 758. The lowest BCUT2D eigenvalue weighted by Crippen LogP contribution is -2.02. The van der Waals surface area contributed by atoms with Crippen LogP contribution in [0, 0.1) is 0 Å². The zero-order valence-corrected chi connectivity index (χ0v) is 13.6. The second-order valence-corrected chi connectivity index (χ2v) is 5.88. The standard InChI is InChI=1S/C18H22N4O/c1-14(2)22-12-16(11-20-22)18-17(15-7-4-3-5-8-15)19-13-21(18)9-6-10-23/h3-5,7-8,11-14,23H,6,9-10H2,1-2H3. The molecule has 0 bridgehead atoms. The van der Waals surface area contributed by atoms with Crippen molar-refractivity contribution in [3.05, 3.63) is 49.1 Å². The van der Waals surface area contributed by atoms with Crippen molar-refractivity contribution in [2.24, 2.45) is 0 Å². The van der Waals surface area contributed by atoms with Crippen LogP contribution >= 0.6 is 0 Å². The molecule has 0 fully saturated rings. The molecule has 3 aromatic rings. The second kappa shape index (κ2) is 6.79. The summed E-state index contributed by atoms with van der Waals surface area (Å²) in [4.78, 5) is 4.61. The average molecular weight is 310 g/mol. The van der Waals surface area contributed by atoms with Crippen molar-refractivity contribution in [1.29, 1.82) is 0 Å². The molecule has 0 saturated carbocycles. The lowest BCUT2D eigenvalue weighted by molar-refractivity contribution is 0.280. The Labute approximate surface area is 136 Å². The second-order valence-electron chi connectivity index (χ2n) is 5.88. The number of benzene rings is 1. The Morgan fingerprint density at radius 2 is 1.91 bits per heavy atom. The van der Waals surface area contributed by atoms with Gasteiger partial charge in [0.15, 0.2) is 0 Å². The number of nitrogens with zero attached hydrogens (tertiary/aromatic N) is 4. The molecule has 23 heavy (non-hydrogen) atoms. The van der Waals surface area contributed by atoms with Crippen LogP contribution in [-0.4, -0.2) is 31.0 Å². The van der Waals surface area contributed by atoms with E-state index in [4.69, 9.17) is 5.11 Å². The number of aryl methyl sites for hydroxylation is 1. The molecule has 0 saturated heterocycles. The fourth-order valence-corrected chi connectivity index (χ4v) is 2.65. The van der Waals surface area contributed by atoms with Gasteiger partial charge in [-0.25, -0.2) is 4.98 Å². The summed E-state index contributed by atoms with van der Waals surface area (Å²) in [5.74, 6) is 0. The number of aliphatic hydroxyl groups excluding tert-OH is 1. The van der Waals surface area contributed by atoms with Gasteiger partial charge in [0.25, 0.3) is 0 Å². The third-order valence-electron chi connectivity index (χ3n) is 3.85. The number of aliphatic hydroxyl groups is 1. The molecule has 0 aliphatic heterocycles. The third-order valence-corrected chi connectivity index (χ3v) is 3.85. The Kier molecular flexibility index (Phi) is 4.57. The van der Waals surface area contributed by atoms with Gasteiger partial charge >= 0.3 is 0 Å². The van der Waals surface area contributed by atoms with E-state index in [9.17, 15) is 0 Å². The van der Waals surface area contributed by atoms with Crippen molar-refractivity contribution in [2.75, 3.05) is 6.61 Å². The minimum Gasteiger partial charge on any atom is -0.396 e. The predicted octanol–water partition coefficient (Wildman–Crippen LogP) is 3.38. The smallest absolute Gasteiger partial charge is 0.0964 e. The maximum absolute atomic E-state index is 9.14. The first-order valence-corrected chi connectivity index (χ1v) is 7.96. The van der Waals surface area contributed by atoms with Gasteiger partial charge < -0.3 is 9.67 Å². The van der Waals surface area contributed by atoms with Crippen molar-refractivity contribution in [2.45, 2.75) is 32.9 Å². The van der Waals surface area contributed by atoms with E-state index in [0.717, 1.165) is 29.1 Å². The van der Waals surface area contributed by atoms with Crippen LogP contribution in [0.15, 0.2) is 49.1 Å². The van der Waals surface area contributed by atoms with Gasteiger partial charge in [-0.2, -0.15) is 5.10 Å². The number of rotatable bonds is 6. The van der Waals surface area contributed by atoms with Crippen LogP contribution in [0.5, 0.6) is 0 Å². The van der Waals surface area contributed by atoms with Crippen LogP contribution in [0.2, 0.25) is 0 Å². The van der Waals surface area contributed by atoms with Gasteiger partial charge in [0.05, 0.1) is 23.9 Å². The van der Waals surface area contributed by atoms with Crippen LogP contribution in [0.25, 0.3) is 22.5 Å².